The van der Waals surface area contributed by atoms with Crippen LogP contribution in [0.5, 0.6) is 0 Å². The van der Waals surface area contributed by atoms with E-state index in [-0.39, 0.29) is 11.9 Å². The van der Waals surface area contributed by atoms with Crippen molar-refractivity contribution in [3.8, 4) is 0 Å². The van der Waals surface area contributed by atoms with Crippen molar-refractivity contribution in [2.75, 3.05) is 0 Å². The number of halogens is 2. The maximum atomic E-state index is 12.6. The van der Waals surface area contributed by atoms with Gasteiger partial charge in [0, 0.05) is 11.2 Å². The van der Waals surface area contributed by atoms with Crippen LogP contribution in [0.25, 0.3) is 0 Å². The van der Waals surface area contributed by atoms with Crippen molar-refractivity contribution in [3.63, 3.8) is 0 Å². The molecular formula is C19H14Cl2N2O. The van der Waals surface area contributed by atoms with Crippen molar-refractivity contribution in [1.82, 2.24) is 10.3 Å². The molecule has 3 nitrogen and oxygen atoms in total. The van der Waals surface area contributed by atoms with Crippen molar-refractivity contribution in [3.05, 3.63) is 99.8 Å². The molecule has 3 aromatic rings. The van der Waals surface area contributed by atoms with Crippen LogP contribution in [0.3, 0.4) is 0 Å². The smallest absolute Gasteiger partial charge is 0.253 e. The van der Waals surface area contributed by atoms with Crippen LogP contribution in [0.1, 0.15) is 27.5 Å². The summed E-state index contributed by atoms with van der Waals surface area (Å²) >= 11 is 11.7. The lowest BCUT2D eigenvalue weighted by Gasteiger charge is -2.20. The zero-order chi connectivity index (χ0) is 16.9. The van der Waals surface area contributed by atoms with Gasteiger partial charge in [0.2, 0.25) is 0 Å². The Morgan fingerprint density at radius 3 is 2.17 bits per heavy atom. The van der Waals surface area contributed by atoms with E-state index in [1.807, 2.05) is 54.6 Å². The minimum Gasteiger partial charge on any atom is -0.341 e. The second kappa shape index (κ2) is 7.47. The average Bonchev–Trinajstić information content (AvgIpc) is 2.62. The third kappa shape index (κ3) is 3.94. The number of hydrogen-bond donors (Lipinski definition) is 1. The summed E-state index contributed by atoms with van der Waals surface area (Å²) in [5.41, 5.74) is 2.38. The predicted octanol–water partition coefficient (Wildman–Crippen LogP) is 4.91. The summed E-state index contributed by atoms with van der Waals surface area (Å²) in [5, 5.41) is 4.04. The Morgan fingerprint density at radius 1 is 0.875 bits per heavy atom. The van der Waals surface area contributed by atoms with E-state index in [2.05, 4.69) is 10.3 Å². The van der Waals surface area contributed by atoms with Gasteiger partial charge >= 0.3 is 0 Å². The zero-order valence-corrected chi connectivity index (χ0v) is 14.1. The summed E-state index contributed by atoms with van der Waals surface area (Å²) in [6, 6.07) is 20.1. The first-order chi connectivity index (χ1) is 11.6. The number of pyridine rings is 1. The molecule has 0 saturated carbocycles. The van der Waals surface area contributed by atoms with Crippen molar-refractivity contribution in [2.24, 2.45) is 0 Å². The lowest BCUT2D eigenvalue weighted by Crippen LogP contribution is -2.29. The molecular weight excluding hydrogens is 343 g/mol. The lowest BCUT2D eigenvalue weighted by atomic mass is 9.98. The molecule has 1 amide bonds. The largest absolute Gasteiger partial charge is 0.341 e. The molecule has 0 aliphatic heterocycles. The number of aromatic nitrogens is 1. The molecule has 3 rings (SSSR count). The fourth-order valence-electron chi connectivity index (χ4n) is 2.38. The SMILES string of the molecule is O=C(NC(c1ccccc1)c1ccc(Cl)cc1)c1ccc(Cl)nc1. The molecule has 1 atom stereocenters. The number of hydrogen-bond acceptors (Lipinski definition) is 2. The fraction of sp³-hybridized carbons (Fsp3) is 0.0526. The number of nitrogens with one attached hydrogen (secondary N) is 1. The minimum absolute atomic E-state index is 0.219. The molecule has 0 aliphatic rings. The Labute approximate surface area is 150 Å². The monoisotopic (exact) mass is 356 g/mol. The van der Waals surface area contributed by atoms with Crippen LogP contribution in [0.2, 0.25) is 10.2 Å². The molecule has 0 radical (unpaired) electrons. The molecule has 0 aliphatic carbocycles. The second-order valence-corrected chi connectivity index (χ2v) is 6.06. The summed E-state index contributed by atoms with van der Waals surface area (Å²) in [4.78, 5) is 16.5. The summed E-state index contributed by atoms with van der Waals surface area (Å²) in [6.45, 7) is 0. The molecule has 1 heterocycles. The second-order valence-electron chi connectivity index (χ2n) is 5.24. The molecule has 0 bridgehead atoms. The van der Waals surface area contributed by atoms with Gasteiger partial charge in [-0.15, -0.1) is 0 Å². The molecule has 5 heteroatoms. The van der Waals surface area contributed by atoms with Crippen LogP contribution in [0, 0.1) is 0 Å². The molecule has 0 fully saturated rings. The van der Waals surface area contributed by atoms with Gasteiger partial charge in [-0.05, 0) is 35.4 Å². The maximum Gasteiger partial charge on any atom is 0.253 e. The van der Waals surface area contributed by atoms with Crippen LogP contribution in [-0.2, 0) is 0 Å². The van der Waals surface area contributed by atoms with Gasteiger partial charge in [-0.1, -0.05) is 65.7 Å². The van der Waals surface area contributed by atoms with Gasteiger partial charge in [-0.25, -0.2) is 4.98 Å². The van der Waals surface area contributed by atoms with E-state index in [0.29, 0.717) is 15.7 Å². The van der Waals surface area contributed by atoms with Crippen LogP contribution in [0.15, 0.2) is 72.9 Å². The Kier molecular flexibility index (Phi) is 5.14. The van der Waals surface area contributed by atoms with Crippen molar-refractivity contribution in [1.29, 1.82) is 0 Å². The Bertz CT molecular complexity index is 818. The molecule has 120 valence electrons. The van der Waals surface area contributed by atoms with E-state index in [0.717, 1.165) is 11.1 Å². The first-order valence-corrected chi connectivity index (χ1v) is 8.12. The molecule has 1 N–H and O–H groups in total. The fourth-order valence-corrected chi connectivity index (χ4v) is 2.62. The highest BCUT2D eigenvalue weighted by Crippen LogP contribution is 2.24. The highest BCUT2D eigenvalue weighted by Gasteiger charge is 2.18. The summed E-state index contributed by atoms with van der Waals surface area (Å²) in [6.07, 6.45) is 1.46. The van der Waals surface area contributed by atoms with E-state index < -0.39 is 0 Å². The van der Waals surface area contributed by atoms with Gasteiger partial charge in [0.15, 0.2) is 0 Å². The van der Waals surface area contributed by atoms with Gasteiger partial charge in [0.05, 0.1) is 11.6 Å². The third-order valence-electron chi connectivity index (χ3n) is 3.60. The average molecular weight is 357 g/mol. The first-order valence-electron chi connectivity index (χ1n) is 7.36. The van der Waals surface area contributed by atoms with E-state index >= 15 is 0 Å². The van der Waals surface area contributed by atoms with Crippen LogP contribution >= 0.6 is 23.2 Å². The Hall–Kier alpha value is -2.36. The first kappa shape index (κ1) is 16.5. The van der Waals surface area contributed by atoms with Crippen LogP contribution in [0.4, 0.5) is 0 Å². The van der Waals surface area contributed by atoms with Crippen molar-refractivity contribution in [2.45, 2.75) is 6.04 Å². The third-order valence-corrected chi connectivity index (χ3v) is 4.08. The zero-order valence-electron chi connectivity index (χ0n) is 12.6. The van der Waals surface area contributed by atoms with Crippen LogP contribution in [-0.4, -0.2) is 10.9 Å². The quantitative estimate of drug-likeness (QED) is 0.675. The Morgan fingerprint density at radius 2 is 1.54 bits per heavy atom. The van der Waals surface area contributed by atoms with Gasteiger partial charge < -0.3 is 5.32 Å². The van der Waals surface area contributed by atoms with Crippen molar-refractivity contribution < 1.29 is 4.79 Å². The highest BCUT2D eigenvalue weighted by molar-refractivity contribution is 6.30. The molecule has 2 aromatic carbocycles. The van der Waals surface area contributed by atoms with Crippen LogP contribution < -0.4 is 5.32 Å². The number of carbonyl (C=O) groups is 1. The topological polar surface area (TPSA) is 42.0 Å². The molecule has 24 heavy (non-hydrogen) atoms. The lowest BCUT2D eigenvalue weighted by molar-refractivity contribution is 0.0942. The highest BCUT2D eigenvalue weighted by atomic mass is 35.5. The number of amides is 1. The normalized spacial score (nSPS) is 11.8. The standard InChI is InChI=1S/C19H14Cl2N2O/c20-16-9-6-14(7-10-16)18(13-4-2-1-3-5-13)23-19(24)15-8-11-17(21)22-12-15/h1-12,18H,(H,23,24). The Balaban J connectivity index is 1.91. The molecule has 1 unspecified atom stereocenters. The summed E-state index contributed by atoms with van der Waals surface area (Å²) in [7, 11) is 0. The van der Waals surface area contributed by atoms with Gasteiger partial charge in [-0.3, -0.25) is 4.79 Å². The summed E-state index contributed by atoms with van der Waals surface area (Å²) in [5.74, 6) is -0.219. The number of nitrogens with zero attached hydrogens (tertiary/aromatic N) is 1. The van der Waals surface area contributed by atoms with E-state index in [4.69, 9.17) is 23.2 Å². The molecule has 0 saturated heterocycles. The maximum absolute atomic E-state index is 12.6. The van der Waals surface area contributed by atoms with E-state index in [1.165, 1.54) is 6.20 Å². The summed E-state index contributed by atoms with van der Waals surface area (Å²) < 4.78 is 0. The number of carbonyl (C=O) groups excluding carboxylic acids is 1. The van der Waals surface area contributed by atoms with Gasteiger partial charge in [0.25, 0.3) is 5.91 Å². The molecule has 1 aromatic heterocycles. The molecule has 0 spiro atoms. The van der Waals surface area contributed by atoms with Crippen molar-refractivity contribution >= 4 is 29.1 Å². The van der Waals surface area contributed by atoms with Gasteiger partial charge in [0.1, 0.15) is 5.15 Å². The minimum atomic E-state index is -0.286. The van der Waals surface area contributed by atoms with E-state index in [1.54, 1.807) is 12.1 Å². The van der Waals surface area contributed by atoms with Gasteiger partial charge in [-0.2, -0.15) is 0 Å². The number of benzene rings is 2. The van der Waals surface area contributed by atoms with E-state index in [9.17, 15) is 4.79 Å². The predicted molar refractivity (Wildman–Crippen MR) is 96.5 cm³/mol. The number of rotatable bonds is 4.